The summed E-state index contributed by atoms with van der Waals surface area (Å²) in [5, 5.41) is 13.6. The lowest BCUT2D eigenvalue weighted by Crippen LogP contribution is -2.61. The highest BCUT2D eigenvalue weighted by atomic mass is 16.5. The second-order valence-electron chi connectivity index (χ2n) is 6.31. The van der Waals surface area contributed by atoms with Crippen LogP contribution in [0.3, 0.4) is 0 Å². The number of ether oxygens (including phenoxy) is 2. The summed E-state index contributed by atoms with van der Waals surface area (Å²) in [6.07, 6.45) is 1.06. The molecule has 0 spiro atoms. The highest BCUT2D eigenvalue weighted by Crippen LogP contribution is 2.42. The van der Waals surface area contributed by atoms with Gasteiger partial charge in [-0.1, -0.05) is 13.8 Å². The van der Waals surface area contributed by atoms with Crippen LogP contribution in [0.1, 0.15) is 20.3 Å². The molecule has 3 unspecified atom stereocenters. The summed E-state index contributed by atoms with van der Waals surface area (Å²) in [4.78, 5) is 2.26. The van der Waals surface area contributed by atoms with Crippen LogP contribution in [0.15, 0.2) is 0 Å². The summed E-state index contributed by atoms with van der Waals surface area (Å²) in [5.74, 6) is 0. The number of hydrogen-bond acceptors (Lipinski definition) is 5. The number of methoxy groups -OCH3 is 1. The molecule has 2 aliphatic rings. The Balaban J connectivity index is 1.65. The fourth-order valence-electron chi connectivity index (χ4n) is 3.06. The van der Waals surface area contributed by atoms with E-state index in [1.165, 1.54) is 0 Å². The molecule has 0 bridgehead atoms. The molecule has 1 saturated heterocycles. The van der Waals surface area contributed by atoms with Crippen LogP contribution in [0.4, 0.5) is 0 Å². The molecule has 1 aliphatic heterocycles. The molecule has 2 fully saturated rings. The van der Waals surface area contributed by atoms with Crippen molar-refractivity contribution >= 4 is 0 Å². The number of aliphatic hydroxyl groups is 1. The van der Waals surface area contributed by atoms with Gasteiger partial charge >= 0.3 is 0 Å². The first-order valence-corrected chi connectivity index (χ1v) is 7.28. The van der Waals surface area contributed by atoms with Gasteiger partial charge < -0.3 is 19.9 Å². The zero-order valence-corrected chi connectivity index (χ0v) is 12.4. The molecule has 1 heterocycles. The normalized spacial score (nSPS) is 32.8. The van der Waals surface area contributed by atoms with Crippen molar-refractivity contribution in [3.05, 3.63) is 0 Å². The van der Waals surface area contributed by atoms with Crippen molar-refractivity contribution in [2.75, 3.05) is 46.5 Å². The van der Waals surface area contributed by atoms with Crippen LogP contribution in [0.2, 0.25) is 0 Å². The Morgan fingerprint density at radius 3 is 2.68 bits per heavy atom. The molecule has 0 amide bonds. The monoisotopic (exact) mass is 272 g/mol. The first kappa shape index (κ1) is 15.2. The average Bonchev–Trinajstić information content (AvgIpc) is 2.39. The predicted octanol–water partition coefficient (Wildman–Crippen LogP) is 0.0826. The number of hydrogen-bond donors (Lipinski definition) is 2. The molecule has 5 nitrogen and oxygen atoms in total. The van der Waals surface area contributed by atoms with Gasteiger partial charge in [0.2, 0.25) is 0 Å². The maximum absolute atomic E-state index is 10.1. The van der Waals surface area contributed by atoms with Gasteiger partial charge in [-0.3, -0.25) is 4.90 Å². The van der Waals surface area contributed by atoms with E-state index in [0.717, 1.165) is 39.3 Å². The molecule has 1 aliphatic carbocycles. The van der Waals surface area contributed by atoms with Crippen LogP contribution in [0.25, 0.3) is 0 Å². The van der Waals surface area contributed by atoms with Crippen molar-refractivity contribution in [2.24, 2.45) is 5.41 Å². The molecule has 5 heteroatoms. The number of aliphatic hydroxyl groups excluding tert-OH is 1. The van der Waals surface area contributed by atoms with E-state index in [9.17, 15) is 5.11 Å². The fraction of sp³-hybridized carbons (Fsp3) is 1.00. The molecule has 1 saturated carbocycles. The minimum absolute atomic E-state index is 0.160. The smallest absolute Gasteiger partial charge is 0.0791 e. The van der Waals surface area contributed by atoms with E-state index in [1.54, 1.807) is 7.11 Å². The van der Waals surface area contributed by atoms with Crippen LogP contribution < -0.4 is 5.32 Å². The molecule has 2 rings (SSSR count). The van der Waals surface area contributed by atoms with Crippen molar-refractivity contribution in [1.82, 2.24) is 10.2 Å². The van der Waals surface area contributed by atoms with E-state index in [-0.39, 0.29) is 11.5 Å². The molecule has 2 N–H and O–H groups in total. The number of β-amino-alcohol motifs (C(OH)–C–C–N with tert-alkyl or cyclic N) is 1. The van der Waals surface area contributed by atoms with Gasteiger partial charge in [-0.2, -0.15) is 0 Å². The Morgan fingerprint density at radius 1 is 1.42 bits per heavy atom. The number of morpholine rings is 1. The highest BCUT2D eigenvalue weighted by molar-refractivity contribution is 5.02. The van der Waals surface area contributed by atoms with Gasteiger partial charge in [0.1, 0.15) is 0 Å². The SMILES string of the molecule is COC1CC(NCC(O)CN2CCOCC2)C1(C)C. The third kappa shape index (κ3) is 3.67. The topological polar surface area (TPSA) is 54.0 Å². The summed E-state index contributed by atoms with van der Waals surface area (Å²) in [6, 6.07) is 0.441. The lowest BCUT2D eigenvalue weighted by Gasteiger charge is -2.51. The van der Waals surface area contributed by atoms with Crippen molar-refractivity contribution in [1.29, 1.82) is 0 Å². The van der Waals surface area contributed by atoms with E-state index in [1.807, 2.05) is 0 Å². The minimum Gasteiger partial charge on any atom is -0.390 e. The van der Waals surface area contributed by atoms with Crippen molar-refractivity contribution < 1.29 is 14.6 Å². The Labute approximate surface area is 116 Å². The van der Waals surface area contributed by atoms with Crippen LogP contribution in [-0.4, -0.2) is 74.8 Å². The summed E-state index contributed by atoms with van der Waals surface area (Å²) < 4.78 is 10.7. The van der Waals surface area contributed by atoms with Crippen LogP contribution in [0, 0.1) is 5.41 Å². The largest absolute Gasteiger partial charge is 0.390 e. The maximum atomic E-state index is 10.1. The van der Waals surface area contributed by atoms with Gasteiger partial charge in [0.15, 0.2) is 0 Å². The molecular formula is C14H28N2O3. The van der Waals surface area contributed by atoms with Crippen molar-refractivity contribution in [2.45, 2.75) is 38.5 Å². The summed E-state index contributed by atoms with van der Waals surface area (Å²) in [6.45, 7) is 9.25. The quantitative estimate of drug-likeness (QED) is 0.717. The Morgan fingerprint density at radius 2 is 2.11 bits per heavy atom. The van der Waals surface area contributed by atoms with Gasteiger partial charge in [-0.15, -0.1) is 0 Å². The zero-order chi connectivity index (χ0) is 13.9. The Hall–Kier alpha value is -0.200. The third-order valence-electron chi connectivity index (χ3n) is 4.63. The standard InChI is InChI=1S/C14H28N2O3/c1-14(2)12(8-13(14)18-3)15-9-11(17)10-16-4-6-19-7-5-16/h11-13,15,17H,4-10H2,1-3H3. The van der Waals surface area contributed by atoms with Gasteiger partial charge in [-0.05, 0) is 6.42 Å². The zero-order valence-electron chi connectivity index (χ0n) is 12.4. The number of nitrogens with one attached hydrogen (secondary N) is 1. The van der Waals surface area contributed by atoms with E-state index in [0.29, 0.717) is 18.7 Å². The first-order valence-electron chi connectivity index (χ1n) is 7.28. The fourth-order valence-corrected chi connectivity index (χ4v) is 3.06. The molecule has 3 atom stereocenters. The molecule has 0 aromatic carbocycles. The lowest BCUT2D eigenvalue weighted by atomic mass is 9.64. The molecular weight excluding hydrogens is 244 g/mol. The second-order valence-corrected chi connectivity index (χ2v) is 6.31. The van der Waals surface area contributed by atoms with Gasteiger partial charge in [-0.25, -0.2) is 0 Å². The van der Waals surface area contributed by atoms with E-state index >= 15 is 0 Å². The molecule has 0 aromatic heterocycles. The van der Waals surface area contributed by atoms with Crippen LogP contribution >= 0.6 is 0 Å². The number of nitrogens with zero attached hydrogens (tertiary/aromatic N) is 1. The van der Waals surface area contributed by atoms with Crippen LogP contribution in [-0.2, 0) is 9.47 Å². The molecule has 0 aromatic rings. The minimum atomic E-state index is -0.310. The molecule has 0 radical (unpaired) electrons. The molecule has 112 valence electrons. The summed E-state index contributed by atoms with van der Waals surface area (Å²) in [5.41, 5.74) is 0.160. The second kappa shape index (κ2) is 6.50. The van der Waals surface area contributed by atoms with Crippen LogP contribution in [0.5, 0.6) is 0 Å². The Kier molecular flexibility index (Phi) is 5.20. The first-order chi connectivity index (χ1) is 9.04. The number of rotatable bonds is 6. The lowest BCUT2D eigenvalue weighted by molar-refractivity contribution is -0.0997. The van der Waals surface area contributed by atoms with Crippen molar-refractivity contribution in [3.63, 3.8) is 0 Å². The van der Waals surface area contributed by atoms with E-state index < -0.39 is 0 Å². The predicted molar refractivity (Wildman–Crippen MR) is 74.3 cm³/mol. The summed E-state index contributed by atoms with van der Waals surface area (Å²) >= 11 is 0. The van der Waals surface area contributed by atoms with Crippen molar-refractivity contribution in [3.8, 4) is 0 Å². The highest BCUT2D eigenvalue weighted by Gasteiger charge is 2.48. The maximum Gasteiger partial charge on any atom is 0.0791 e. The van der Waals surface area contributed by atoms with E-state index in [4.69, 9.17) is 9.47 Å². The summed E-state index contributed by atoms with van der Waals surface area (Å²) in [7, 11) is 1.77. The van der Waals surface area contributed by atoms with Gasteiger partial charge in [0.25, 0.3) is 0 Å². The van der Waals surface area contributed by atoms with Gasteiger partial charge in [0.05, 0.1) is 25.4 Å². The average molecular weight is 272 g/mol. The Bertz CT molecular complexity index is 280. The third-order valence-corrected chi connectivity index (χ3v) is 4.63. The van der Waals surface area contributed by atoms with Gasteiger partial charge in [0, 0.05) is 44.7 Å². The molecule has 19 heavy (non-hydrogen) atoms. The van der Waals surface area contributed by atoms with E-state index in [2.05, 4.69) is 24.1 Å².